The van der Waals surface area contributed by atoms with E-state index in [0.29, 0.717) is 10.5 Å². The van der Waals surface area contributed by atoms with Crippen LogP contribution in [0.25, 0.3) is 0 Å². The average molecular weight is 139 g/mol. The monoisotopic (exact) mass is 138 g/mol. The first kappa shape index (κ1) is 5.73. The van der Waals surface area contributed by atoms with Crippen LogP contribution < -0.4 is 0 Å². The average Bonchev–Trinajstić information content (AvgIpc) is 1.55. The van der Waals surface area contributed by atoms with E-state index in [9.17, 15) is 0 Å². The number of thioether (sulfide) groups is 1. The first-order valence-electron chi connectivity index (χ1n) is 2.19. The highest BCUT2D eigenvalue weighted by Gasteiger charge is 2.17. The van der Waals surface area contributed by atoms with Crippen LogP contribution in [0.1, 0.15) is 0 Å². The number of ether oxygens (including phenoxy) is 1. The van der Waals surface area contributed by atoms with Gasteiger partial charge in [-0.3, -0.25) is 0 Å². The van der Waals surface area contributed by atoms with E-state index in [1.54, 1.807) is 11.8 Å². The van der Waals surface area contributed by atoms with Crippen molar-refractivity contribution in [3.8, 4) is 0 Å². The van der Waals surface area contributed by atoms with Gasteiger partial charge in [0.15, 0.2) is 0 Å². The summed E-state index contributed by atoms with van der Waals surface area (Å²) in [6.45, 7) is 1.80. The summed E-state index contributed by atoms with van der Waals surface area (Å²) in [5.74, 6) is 0. The lowest BCUT2D eigenvalue weighted by Crippen LogP contribution is -2.30. The normalized spacial score (nSPS) is 21.9. The van der Waals surface area contributed by atoms with Gasteiger partial charge in [-0.05, 0) is 0 Å². The minimum atomic E-state index is 0.692. The Morgan fingerprint density at radius 1 is 1.71 bits per heavy atom. The third-order valence-electron chi connectivity index (χ3n) is 0.906. The summed E-state index contributed by atoms with van der Waals surface area (Å²) in [6, 6.07) is 0. The number of rotatable bonds is 2. The molecule has 0 aromatic heterocycles. The van der Waals surface area contributed by atoms with Crippen LogP contribution in [-0.4, -0.2) is 23.7 Å². The molecule has 3 heteroatoms. The zero-order chi connectivity index (χ0) is 5.11. The van der Waals surface area contributed by atoms with E-state index in [0.717, 1.165) is 13.2 Å². The predicted molar refractivity (Wildman–Crippen MR) is 32.9 cm³/mol. The Balaban J connectivity index is 1.93. The number of hydrogen-bond acceptors (Lipinski definition) is 2. The molecule has 0 amide bonds. The Morgan fingerprint density at radius 3 is 2.57 bits per heavy atom. The van der Waals surface area contributed by atoms with Gasteiger partial charge in [0, 0.05) is 0 Å². The van der Waals surface area contributed by atoms with Crippen LogP contribution in [-0.2, 0) is 4.74 Å². The Morgan fingerprint density at radius 2 is 2.43 bits per heavy atom. The molecule has 42 valence electrons. The van der Waals surface area contributed by atoms with Crippen molar-refractivity contribution in [3.63, 3.8) is 0 Å². The van der Waals surface area contributed by atoms with Crippen LogP contribution in [0.2, 0.25) is 0 Å². The molecule has 0 bridgehead atoms. The molecule has 0 unspecified atom stereocenters. The maximum Gasteiger partial charge on any atom is 0.0684 e. The summed E-state index contributed by atoms with van der Waals surface area (Å²) >= 11 is 7.17. The maximum atomic E-state index is 5.42. The Kier molecular flexibility index (Phi) is 2.29. The third-order valence-corrected chi connectivity index (χ3v) is 2.15. The quantitative estimate of drug-likeness (QED) is 0.533. The van der Waals surface area contributed by atoms with E-state index >= 15 is 0 Å². The zero-order valence-corrected chi connectivity index (χ0v) is 5.47. The summed E-state index contributed by atoms with van der Waals surface area (Å²) in [6.07, 6.45) is 0. The van der Waals surface area contributed by atoms with Crippen molar-refractivity contribution in [2.45, 2.75) is 5.25 Å². The maximum absolute atomic E-state index is 5.42. The first-order valence-corrected chi connectivity index (χ1v) is 3.77. The van der Waals surface area contributed by atoms with Gasteiger partial charge in [-0.15, -0.1) is 23.4 Å². The molecular weight excluding hydrogens is 132 g/mol. The van der Waals surface area contributed by atoms with E-state index in [4.69, 9.17) is 16.3 Å². The molecule has 1 aliphatic rings. The Bertz CT molecular complexity index is 55.7. The first-order chi connectivity index (χ1) is 3.43. The summed E-state index contributed by atoms with van der Waals surface area (Å²) < 4.78 is 4.91. The molecule has 1 heterocycles. The van der Waals surface area contributed by atoms with Gasteiger partial charge in [0.05, 0.1) is 23.7 Å². The van der Waals surface area contributed by atoms with Crippen LogP contribution in [0.5, 0.6) is 0 Å². The number of hydrogen-bond donors (Lipinski definition) is 0. The summed E-state index contributed by atoms with van der Waals surface area (Å²) in [5.41, 5.74) is 0. The van der Waals surface area contributed by atoms with Crippen LogP contribution in [0.4, 0.5) is 0 Å². The van der Waals surface area contributed by atoms with Crippen molar-refractivity contribution in [2.75, 3.05) is 18.4 Å². The molecule has 0 N–H and O–H groups in total. The molecule has 1 aliphatic heterocycles. The fourth-order valence-electron chi connectivity index (χ4n) is 0.399. The van der Waals surface area contributed by atoms with Crippen LogP contribution >= 0.6 is 23.4 Å². The van der Waals surface area contributed by atoms with Crippen molar-refractivity contribution in [2.24, 2.45) is 0 Å². The Hall–Kier alpha value is 0.600. The lowest BCUT2D eigenvalue weighted by molar-refractivity contribution is 0.0456. The van der Waals surface area contributed by atoms with E-state index < -0.39 is 0 Å². The van der Waals surface area contributed by atoms with Crippen LogP contribution in [0.15, 0.2) is 0 Å². The van der Waals surface area contributed by atoms with Gasteiger partial charge >= 0.3 is 0 Å². The Labute approximate surface area is 52.4 Å². The van der Waals surface area contributed by atoms with Crippen molar-refractivity contribution < 1.29 is 4.74 Å². The standard InChI is InChI=1S/C4H7ClOS/c5-3-7-4-1-6-2-4/h4H,1-3H2. The summed E-state index contributed by atoms with van der Waals surface area (Å²) in [5, 5.41) is 1.39. The molecule has 1 fully saturated rings. The smallest absolute Gasteiger partial charge is 0.0684 e. The van der Waals surface area contributed by atoms with Gasteiger partial charge in [0.25, 0.3) is 0 Å². The molecule has 0 aliphatic carbocycles. The molecule has 0 atom stereocenters. The largest absolute Gasteiger partial charge is 0.379 e. The highest BCUT2D eigenvalue weighted by Crippen LogP contribution is 2.19. The van der Waals surface area contributed by atoms with Gasteiger partial charge in [-0.25, -0.2) is 0 Å². The molecule has 1 rings (SSSR count). The fraction of sp³-hybridized carbons (Fsp3) is 1.00. The molecule has 0 radical (unpaired) electrons. The lowest BCUT2D eigenvalue weighted by Gasteiger charge is -2.23. The van der Waals surface area contributed by atoms with Gasteiger partial charge in [-0.2, -0.15) is 0 Å². The molecule has 0 aromatic carbocycles. The molecule has 1 saturated heterocycles. The van der Waals surface area contributed by atoms with Gasteiger partial charge < -0.3 is 4.74 Å². The van der Waals surface area contributed by atoms with Crippen molar-refractivity contribution in [1.82, 2.24) is 0 Å². The molecule has 0 aromatic rings. The van der Waals surface area contributed by atoms with Crippen molar-refractivity contribution in [1.29, 1.82) is 0 Å². The molecule has 1 nitrogen and oxygen atoms in total. The molecule has 0 spiro atoms. The van der Waals surface area contributed by atoms with E-state index in [2.05, 4.69) is 0 Å². The van der Waals surface area contributed by atoms with Crippen LogP contribution in [0, 0.1) is 0 Å². The zero-order valence-electron chi connectivity index (χ0n) is 3.89. The number of alkyl halides is 1. The SMILES string of the molecule is ClCSC1COC1. The molecule has 7 heavy (non-hydrogen) atoms. The highest BCUT2D eigenvalue weighted by atomic mass is 35.5. The van der Waals surface area contributed by atoms with Crippen LogP contribution in [0.3, 0.4) is 0 Å². The topological polar surface area (TPSA) is 9.23 Å². The second-order valence-electron chi connectivity index (χ2n) is 1.44. The number of halogens is 1. The molecular formula is C4H7ClOS. The fourth-order valence-corrected chi connectivity index (χ4v) is 1.50. The van der Waals surface area contributed by atoms with Gasteiger partial charge in [-0.1, -0.05) is 0 Å². The minimum Gasteiger partial charge on any atom is -0.379 e. The van der Waals surface area contributed by atoms with E-state index in [1.807, 2.05) is 0 Å². The van der Waals surface area contributed by atoms with E-state index in [-0.39, 0.29) is 0 Å². The summed E-state index contributed by atoms with van der Waals surface area (Å²) in [7, 11) is 0. The summed E-state index contributed by atoms with van der Waals surface area (Å²) in [4.78, 5) is 0. The predicted octanol–water partition coefficient (Wildman–Crippen LogP) is 1.31. The lowest BCUT2D eigenvalue weighted by atomic mass is 10.4. The van der Waals surface area contributed by atoms with Crippen molar-refractivity contribution >= 4 is 23.4 Å². The van der Waals surface area contributed by atoms with Crippen molar-refractivity contribution in [3.05, 3.63) is 0 Å². The molecule has 0 saturated carbocycles. The van der Waals surface area contributed by atoms with Gasteiger partial charge in [0.2, 0.25) is 0 Å². The second kappa shape index (κ2) is 2.80. The highest BCUT2D eigenvalue weighted by molar-refractivity contribution is 8.01. The second-order valence-corrected chi connectivity index (χ2v) is 3.31. The minimum absolute atomic E-state index is 0.692. The van der Waals surface area contributed by atoms with Gasteiger partial charge in [0.1, 0.15) is 0 Å². The van der Waals surface area contributed by atoms with E-state index in [1.165, 1.54) is 0 Å². The third kappa shape index (κ3) is 1.52.